The van der Waals surface area contributed by atoms with Crippen molar-refractivity contribution in [3.8, 4) is 0 Å². The Kier molecular flexibility index (Phi) is 3.77. The van der Waals surface area contributed by atoms with Crippen LogP contribution in [0.3, 0.4) is 0 Å². The van der Waals surface area contributed by atoms with Gasteiger partial charge in [0.25, 0.3) is 0 Å². The van der Waals surface area contributed by atoms with Crippen LogP contribution < -0.4 is 10.2 Å². The first kappa shape index (κ1) is 13.2. The van der Waals surface area contributed by atoms with Crippen LogP contribution in [0.2, 0.25) is 0 Å². The van der Waals surface area contributed by atoms with Gasteiger partial charge in [-0.15, -0.1) is 5.10 Å². The molecule has 2 aromatic rings. The maximum absolute atomic E-state index is 4.24. The van der Waals surface area contributed by atoms with Crippen molar-refractivity contribution in [2.45, 2.75) is 32.7 Å². The van der Waals surface area contributed by atoms with Gasteiger partial charge in [-0.2, -0.15) is 4.52 Å². The summed E-state index contributed by atoms with van der Waals surface area (Å²) in [4.78, 5) is 6.58. The number of aromatic nitrogens is 5. The molecule has 0 radical (unpaired) electrons. The van der Waals surface area contributed by atoms with E-state index in [1.165, 1.54) is 12.8 Å². The largest absolute Gasteiger partial charge is 0.355 e. The van der Waals surface area contributed by atoms with Crippen molar-refractivity contribution >= 4 is 11.5 Å². The highest BCUT2D eigenvalue weighted by Crippen LogP contribution is 2.22. The van der Waals surface area contributed by atoms with Gasteiger partial charge in [-0.1, -0.05) is 13.8 Å². The topological polar surface area (TPSA) is 71.2 Å². The Bertz CT molecular complexity index is 565. The van der Waals surface area contributed by atoms with Gasteiger partial charge in [-0.3, -0.25) is 4.98 Å². The molecule has 20 heavy (non-hydrogen) atoms. The molecule has 7 nitrogen and oxygen atoms in total. The minimum Gasteiger partial charge on any atom is -0.355 e. The molecule has 3 heterocycles. The molecule has 0 bridgehead atoms. The first-order valence-corrected chi connectivity index (χ1v) is 7.24. The summed E-state index contributed by atoms with van der Waals surface area (Å²) in [7, 11) is 0. The lowest BCUT2D eigenvalue weighted by Crippen LogP contribution is -2.41. The summed E-state index contributed by atoms with van der Waals surface area (Å²) in [6.07, 6.45) is 6.01. The maximum Gasteiger partial charge on any atom is 0.199 e. The number of fused-ring (bicyclic) bond motifs is 1. The van der Waals surface area contributed by atoms with Crippen LogP contribution in [0, 0.1) is 5.92 Å². The zero-order chi connectivity index (χ0) is 13.9. The highest BCUT2D eigenvalue weighted by molar-refractivity contribution is 5.46. The number of piperidine rings is 1. The molecule has 0 aliphatic carbocycles. The van der Waals surface area contributed by atoms with Gasteiger partial charge in [-0.25, -0.2) is 0 Å². The van der Waals surface area contributed by atoms with Crippen molar-refractivity contribution in [1.82, 2.24) is 30.3 Å². The number of nitrogens with zero attached hydrogens (tertiary/aromatic N) is 6. The van der Waals surface area contributed by atoms with Crippen LogP contribution in [0.1, 0.15) is 26.7 Å². The van der Waals surface area contributed by atoms with Crippen LogP contribution in [0.25, 0.3) is 5.65 Å². The Balaban J connectivity index is 1.75. The number of tetrazole rings is 1. The van der Waals surface area contributed by atoms with Crippen molar-refractivity contribution in [3.63, 3.8) is 0 Å². The van der Waals surface area contributed by atoms with Gasteiger partial charge in [-0.05, 0) is 35.7 Å². The number of hydrogen-bond acceptors (Lipinski definition) is 6. The van der Waals surface area contributed by atoms with E-state index in [-0.39, 0.29) is 0 Å². The molecule has 1 N–H and O–H groups in total. The summed E-state index contributed by atoms with van der Waals surface area (Å²) >= 11 is 0. The van der Waals surface area contributed by atoms with E-state index in [0.717, 1.165) is 25.5 Å². The molecule has 0 spiro atoms. The third-order valence-corrected chi connectivity index (χ3v) is 3.75. The lowest BCUT2D eigenvalue weighted by Gasteiger charge is -2.34. The van der Waals surface area contributed by atoms with E-state index in [2.05, 4.69) is 44.6 Å². The molecule has 0 aromatic carbocycles. The van der Waals surface area contributed by atoms with Gasteiger partial charge in [0.15, 0.2) is 11.5 Å². The molecule has 7 heteroatoms. The van der Waals surface area contributed by atoms with E-state index in [0.29, 0.717) is 17.6 Å². The number of anilines is 1. The minimum atomic E-state index is 0.537. The molecule has 1 aliphatic rings. The molecule has 2 aromatic heterocycles. The van der Waals surface area contributed by atoms with Crippen molar-refractivity contribution in [2.24, 2.45) is 5.92 Å². The van der Waals surface area contributed by atoms with E-state index < -0.39 is 0 Å². The van der Waals surface area contributed by atoms with Crippen LogP contribution in [0.15, 0.2) is 12.4 Å². The van der Waals surface area contributed by atoms with E-state index >= 15 is 0 Å². The molecular weight excluding hydrogens is 254 g/mol. The Labute approximate surface area is 118 Å². The monoisotopic (exact) mass is 275 g/mol. The third-order valence-electron chi connectivity index (χ3n) is 3.75. The fourth-order valence-electron chi connectivity index (χ4n) is 2.72. The summed E-state index contributed by atoms with van der Waals surface area (Å²) in [6, 6.07) is 0.537. The normalized spacial score (nSPS) is 19.9. The second kappa shape index (κ2) is 5.70. The van der Waals surface area contributed by atoms with Crippen LogP contribution in [-0.4, -0.2) is 50.7 Å². The van der Waals surface area contributed by atoms with Gasteiger partial charge in [0.2, 0.25) is 0 Å². The molecule has 1 aliphatic heterocycles. The first-order valence-electron chi connectivity index (χ1n) is 7.24. The van der Waals surface area contributed by atoms with Crippen LogP contribution in [0.4, 0.5) is 5.82 Å². The quantitative estimate of drug-likeness (QED) is 0.887. The van der Waals surface area contributed by atoms with Crippen molar-refractivity contribution < 1.29 is 0 Å². The summed E-state index contributed by atoms with van der Waals surface area (Å²) in [5.41, 5.74) is 0.699. The lowest BCUT2D eigenvalue weighted by atomic mass is 9.98. The van der Waals surface area contributed by atoms with E-state index in [1.54, 1.807) is 10.7 Å². The fourth-order valence-corrected chi connectivity index (χ4v) is 2.72. The van der Waals surface area contributed by atoms with Crippen LogP contribution >= 0.6 is 0 Å². The van der Waals surface area contributed by atoms with Crippen molar-refractivity contribution in [3.05, 3.63) is 12.4 Å². The molecular formula is C13H21N7. The summed E-state index contributed by atoms with van der Waals surface area (Å²) in [5.74, 6) is 1.65. The number of hydrogen-bond donors (Lipinski definition) is 1. The van der Waals surface area contributed by atoms with Gasteiger partial charge >= 0.3 is 0 Å². The molecule has 1 saturated heterocycles. The molecule has 1 atom stereocenters. The average Bonchev–Trinajstić information content (AvgIpc) is 2.93. The SMILES string of the molecule is CC(C)NCC1CCCN(c2cncc3nnnn23)C1. The Morgan fingerprint density at radius 2 is 2.30 bits per heavy atom. The minimum absolute atomic E-state index is 0.537. The first-order chi connectivity index (χ1) is 9.74. The number of nitrogens with one attached hydrogen (secondary N) is 1. The zero-order valence-electron chi connectivity index (χ0n) is 12.0. The van der Waals surface area contributed by atoms with Crippen LogP contribution in [-0.2, 0) is 0 Å². The lowest BCUT2D eigenvalue weighted by molar-refractivity contribution is 0.377. The standard InChI is InChI=1S/C13H21N7/c1-10(2)15-6-11-4-3-5-19(9-11)13-8-14-7-12-16-17-18-20(12)13/h7-8,10-11,15H,3-6,9H2,1-2H3. The molecule has 0 amide bonds. The van der Waals surface area contributed by atoms with E-state index in [9.17, 15) is 0 Å². The predicted octanol–water partition coefficient (Wildman–Crippen LogP) is 0.734. The summed E-state index contributed by atoms with van der Waals surface area (Å²) < 4.78 is 1.77. The Hall–Kier alpha value is -1.76. The third kappa shape index (κ3) is 2.72. The highest BCUT2D eigenvalue weighted by atomic mass is 15.5. The summed E-state index contributed by atoms with van der Waals surface area (Å²) in [6.45, 7) is 7.51. The van der Waals surface area contributed by atoms with Gasteiger partial charge in [0.05, 0.1) is 12.4 Å². The zero-order valence-corrected chi connectivity index (χ0v) is 12.0. The molecule has 0 saturated carbocycles. The van der Waals surface area contributed by atoms with Crippen molar-refractivity contribution in [2.75, 3.05) is 24.5 Å². The maximum atomic E-state index is 4.24. The van der Waals surface area contributed by atoms with Gasteiger partial charge < -0.3 is 10.2 Å². The average molecular weight is 275 g/mol. The highest BCUT2D eigenvalue weighted by Gasteiger charge is 2.22. The molecule has 3 rings (SSSR count). The van der Waals surface area contributed by atoms with Crippen LogP contribution in [0.5, 0.6) is 0 Å². The molecule has 1 unspecified atom stereocenters. The Morgan fingerprint density at radius 3 is 3.15 bits per heavy atom. The second-order valence-electron chi connectivity index (χ2n) is 5.73. The van der Waals surface area contributed by atoms with Gasteiger partial charge in [0.1, 0.15) is 0 Å². The van der Waals surface area contributed by atoms with Gasteiger partial charge in [0, 0.05) is 19.1 Å². The Morgan fingerprint density at radius 1 is 1.40 bits per heavy atom. The molecule has 1 fully saturated rings. The predicted molar refractivity (Wildman–Crippen MR) is 76.7 cm³/mol. The van der Waals surface area contributed by atoms with E-state index in [4.69, 9.17) is 0 Å². The molecule has 108 valence electrons. The summed E-state index contributed by atoms with van der Waals surface area (Å²) in [5, 5.41) is 15.3. The smallest absolute Gasteiger partial charge is 0.199 e. The van der Waals surface area contributed by atoms with E-state index in [1.807, 2.05) is 6.20 Å². The number of rotatable bonds is 4. The van der Waals surface area contributed by atoms with Crippen molar-refractivity contribution in [1.29, 1.82) is 0 Å². The fraction of sp³-hybridized carbons (Fsp3) is 0.692. The second-order valence-corrected chi connectivity index (χ2v) is 5.73.